The van der Waals surface area contributed by atoms with Gasteiger partial charge in [-0.2, -0.15) is 0 Å². The highest BCUT2D eigenvalue weighted by atomic mass is 32.1. The lowest BCUT2D eigenvalue weighted by molar-refractivity contribution is 0.0948. The van der Waals surface area contributed by atoms with Crippen molar-refractivity contribution in [2.24, 2.45) is 0 Å². The highest BCUT2D eigenvalue weighted by Crippen LogP contribution is 2.27. The second-order valence-electron chi connectivity index (χ2n) is 5.39. The van der Waals surface area contributed by atoms with E-state index in [-0.39, 0.29) is 5.91 Å². The summed E-state index contributed by atoms with van der Waals surface area (Å²) in [4.78, 5) is 15.3. The number of fused-ring (bicyclic) bond motifs is 1. The van der Waals surface area contributed by atoms with Crippen molar-refractivity contribution in [1.82, 2.24) is 10.2 Å². The zero-order valence-corrected chi connectivity index (χ0v) is 12.4. The molecule has 1 fully saturated rings. The van der Waals surface area contributed by atoms with Crippen molar-refractivity contribution in [3.05, 3.63) is 29.1 Å². The third kappa shape index (κ3) is 2.64. The van der Waals surface area contributed by atoms with E-state index in [1.807, 2.05) is 24.3 Å². The summed E-state index contributed by atoms with van der Waals surface area (Å²) in [7, 11) is 2.12. The number of nitrogens with two attached hydrogens (primary N) is 1. The Labute approximate surface area is 122 Å². The van der Waals surface area contributed by atoms with Gasteiger partial charge in [-0.1, -0.05) is 0 Å². The largest absolute Gasteiger partial charge is 0.399 e. The van der Waals surface area contributed by atoms with E-state index in [9.17, 15) is 4.79 Å². The Bertz CT molecular complexity index is 637. The van der Waals surface area contributed by atoms with Gasteiger partial charge in [-0.25, -0.2) is 0 Å². The Morgan fingerprint density at radius 2 is 2.35 bits per heavy atom. The van der Waals surface area contributed by atoms with Crippen LogP contribution in [0.2, 0.25) is 0 Å². The first-order valence-corrected chi connectivity index (χ1v) is 7.72. The smallest absolute Gasteiger partial charge is 0.261 e. The number of hydrogen-bond donors (Lipinski definition) is 2. The minimum absolute atomic E-state index is 0.0186. The number of nitrogens with one attached hydrogen (secondary N) is 1. The maximum atomic E-state index is 12.2. The van der Waals surface area contributed by atoms with Crippen LogP contribution in [-0.2, 0) is 0 Å². The van der Waals surface area contributed by atoms with E-state index in [1.165, 1.54) is 24.2 Å². The molecule has 20 heavy (non-hydrogen) atoms. The fourth-order valence-electron chi connectivity index (χ4n) is 2.71. The number of carbonyl (C=O) groups is 1. The highest BCUT2D eigenvalue weighted by molar-refractivity contribution is 7.20. The molecule has 3 N–H and O–H groups in total. The summed E-state index contributed by atoms with van der Waals surface area (Å²) in [5.74, 6) is 0.0186. The molecule has 0 spiro atoms. The van der Waals surface area contributed by atoms with Crippen LogP contribution in [0.5, 0.6) is 0 Å². The Balaban J connectivity index is 1.69. The van der Waals surface area contributed by atoms with Crippen LogP contribution >= 0.6 is 11.3 Å². The lowest BCUT2D eigenvalue weighted by atomic mass is 10.2. The van der Waals surface area contributed by atoms with Gasteiger partial charge in [0.1, 0.15) is 0 Å². The normalized spacial score (nSPS) is 19.6. The summed E-state index contributed by atoms with van der Waals surface area (Å²) < 4.78 is 1.10. The maximum Gasteiger partial charge on any atom is 0.261 e. The molecular formula is C15H19N3OS. The first-order valence-electron chi connectivity index (χ1n) is 6.91. The number of nitrogen functional groups attached to an aromatic ring is 1. The van der Waals surface area contributed by atoms with Crippen LogP contribution in [0.25, 0.3) is 10.1 Å². The highest BCUT2D eigenvalue weighted by Gasteiger charge is 2.21. The van der Waals surface area contributed by atoms with E-state index >= 15 is 0 Å². The van der Waals surface area contributed by atoms with Crippen molar-refractivity contribution in [2.45, 2.75) is 18.9 Å². The molecular weight excluding hydrogens is 270 g/mol. The number of nitrogens with zero attached hydrogens (tertiary/aromatic N) is 1. The molecule has 5 heteroatoms. The predicted octanol–water partition coefficient (Wildman–Crippen LogP) is 2.31. The van der Waals surface area contributed by atoms with Crippen LogP contribution in [-0.4, -0.2) is 37.0 Å². The van der Waals surface area contributed by atoms with Crippen molar-refractivity contribution >= 4 is 33.0 Å². The molecule has 1 aromatic heterocycles. The van der Waals surface area contributed by atoms with Crippen LogP contribution in [0.3, 0.4) is 0 Å². The topological polar surface area (TPSA) is 58.4 Å². The van der Waals surface area contributed by atoms with Gasteiger partial charge in [0, 0.05) is 23.0 Å². The first-order chi connectivity index (χ1) is 9.63. The zero-order valence-electron chi connectivity index (χ0n) is 11.6. The number of thiophene rings is 1. The van der Waals surface area contributed by atoms with E-state index < -0.39 is 0 Å². The van der Waals surface area contributed by atoms with Crippen LogP contribution in [0.15, 0.2) is 24.3 Å². The average molecular weight is 289 g/mol. The molecule has 1 aliphatic rings. The molecule has 1 unspecified atom stereocenters. The molecule has 1 saturated heterocycles. The van der Waals surface area contributed by atoms with Crippen molar-refractivity contribution in [2.75, 3.05) is 25.9 Å². The summed E-state index contributed by atoms with van der Waals surface area (Å²) in [5, 5.41) is 4.09. The van der Waals surface area contributed by atoms with Crippen molar-refractivity contribution in [3.8, 4) is 0 Å². The molecule has 2 aromatic rings. The van der Waals surface area contributed by atoms with Gasteiger partial charge in [-0.15, -0.1) is 11.3 Å². The van der Waals surface area contributed by atoms with Crippen LogP contribution in [0.1, 0.15) is 22.5 Å². The lowest BCUT2D eigenvalue weighted by Crippen LogP contribution is -2.37. The predicted molar refractivity (Wildman–Crippen MR) is 84.2 cm³/mol. The Morgan fingerprint density at radius 3 is 3.10 bits per heavy atom. The average Bonchev–Trinajstić information content (AvgIpc) is 3.01. The van der Waals surface area contributed by atoms with Crippen LogP contribution in [0.4, 0.5) is 5.69 Å². The van der Waals surface area contributed by atoms with Crippen molar-refractivity contribution in [1.29, 1.82) is 0 Å². The Hall–Kier alpha value is -1.59. The van der Waals surface area contributed by atoms with Gasteiger partial charge in [0.15, 0.2) is 0 Å². The molecule has 3 rings (SSSR count). The summed E-state index contributed by atoms with van der Waals surface area (Å²) in [6.45, 7) is 1.86. The summed E-state index contributed by atoms with van der Waals surface area (Å²) in [5.41, 5.74) is 6.50. The van der Waals surface area contributed by atoms with Gasteiger partial charge in [0.25, 0.3) is 5.91 Å². The summed E-state index contributed by atoms with van der Waals surface area (Å²) in [6.07, 6.45) is 2.39. The fourth-order valence-corrected chi connectivity index (χ4v) is 3.67. The number of anilines is 1. The second-order valence-corrected chi connectivity index (χ2v) is 6.48. The fraction of sp³-hybridized carbons (Fsp3) is 0.400. The lowest BCUT2D eigenvalue weighted by Gasteiger charge is -2.19. The number of likely N-dealkylation sites (tertiary alicyclic amines) is 1. The van der Waals surface area contributed by atoms with Crippen LogP contribution < -0.4 is 11.1 Å². The Morgan fingerprint density at radius 1 is 1.50 bits per heavy atom. The third-order valence-electron chi connectivity index (χ3n) is 3.93. The standard InChI is InChI=1S/C15H19N3OS/c1-18-6-2-3-12(18)9-17-15(19)14-8-10-7-11(16)4-5-13(10)20-14/h4-5,7-8,12H,2-3,6,9,16H2,1H3,(H,17,19). The minimum Gasteiger partial charge on any atom is -0.399 e. The SMILES string of the molecule is CN1CCCC1CNC(=O)c1cc2cc(N)ccc2s1. The maximum absolute atomic E-state index is 12.2. The Kier molecular flexibility index (Phi) is 3.63. The van der Waals surface area contributed by atoms with Gasteiger partial charge in [-0.3, -0.25) is 4.79 Å². The molecule has 4 nitrogen and oxygen atoms in total. The molecule has 0 saturated carbocycles. The number of rotatable bonds is 3. The van der Waals surface area contributed by atoms with Gasteiger partial charge >= 0.3 is 0 Å². The molecule has 1 aliphatic heterocycles. The summed E-state index contributed by atoms with van der Waals surface area (Å²) in [6, 6.07) is 8.14. The first kappa shape index (κ1) is 13.4. The third-order valence-corrected chi connectivity index (χ3v) is 5.05. The number of amides is 1. The monoisotopic (exact) mass is 289 g/mol. The number of hydrogen-bond acceptors (Lipinski definition) is 4. The van der Waals surface area contributed by atoms with E-state index in [0.717, 1.165) is 33.7 Å². The second kappa shape index (κ2) is 5.42. The minimum atomic E-state index is 0.0186. The van der Waals surface area contributed by atoms with E-state index in [0.29, 0.717) is 6.04 Å². The van der Waals surface area contributed by atoms with Gasteiger partial charge < -0.3 is 16.0 Å². The van der Waals surface area contributed by atoms with Crippen molar-refractivity contribution in [3.63, 3.8) is 0 Å². The molecule has 1 amide bonds. The molecule has 0 bridgehead atoms. The molecule has 2 heterocycles. The van der Waals surface area contributed by atoms with Crippen molar-refractivity contribution < 1.29 is 4.79 Å². The van der Waals surface area contributed by atoms with E-state index in [2.05, 4.69) is 17.3 Å². The van der Waals surface area contributed by atoms with Crippen LogP contribution in [0, 0.1) is 0 Å². The zero-order chi connectivity index (χ0) is 14.1. The quantitative estimate of drug-likeness (QED) is 0.853. The number of likely N-dealkylation sites (N-methyl/N-ethyl adjacent to an activating group) is 1. The summed E-state index contributed by atoms with van der Waals surface area (Å²) >= 11 is 1.52. The van der Waals surface area contributed by atoms with Gasteiger partial charge in [-0.05, 0) is 56.1 Å². The van der Waals surface area contributed by atoms with Gasteiger partial charge in [0.2, 0.25) is 0 Å². The number of benzene rings is 1. The molecule has 0 aliphatic carbocycles. The molecule has 1 atom stereocenters. The molecule has 1 aromatic carbocycles. The molecule has 106 valence electrons. The van der Waals surface area contributed by atoms with E-state index in [4.69, 9.17) is 5.73 Å². The van der Waals surface area contributed by atoms with E-state index in [1.54, 1.807) is 0 Å². The van der Waals surface area contributed by atoms with Gasteiger partial charge in [0.05, 0.1) is 4.88 Å². The number of carbonyl (C=O) groups excluding carboxylic acids is 1. The molecule has 0 radical (unpaired) electrons.